The van der Waals surface area contributed by atoms with E-state index in [4.69, 9.17) is 4.74 Å². The highest BCUT2D eigenvalue weighted by Gasteiger charge is 2.11. The van der Waals surface area contributed by atoms with Gasteiger partial charge in [-0.3, -0.25) is 0 Å². The van der Waals surface area contributed by atoms with Gasteiger partial charge in [0.05, 0.1) is 13.2 Å². The lowest BCUT2D eigenvalue weighted by Crippen LogP contribution is -2.38. The van der Waals surface area contributed by atoms with Gasteiger partial charge in [-0.2, -0.15) is 0 Å². The summed E-state index contributed by atoms with van der Waals surface area (Å²) in [7, 11) is 0. The van der Waals surface area contributed by atoms with Crippen LogP contribution in [0.1, 0.15) is 32.8 Å². The number of hydrogen-bond acceptors (Lipinski definition) is 2. The van der Waals surface area contributed by atoms with Gasteiger partial charge < -0.3 is 10.1 Å². The largest absolute Gasteiger partial charge is 0.375 e. The van der Waals surface area contributed by atoms with E-state index in [0.717, 1.165) is 13.2 Å². The molecule has 0 amide bonds. The SMILES string of the molecule is CCCNC(COCc1ccccc1)C(C)C. The molecular formula is C15H25NO. The maximum absolute atomic E-state index is 5.78. The molecule has 1 atom stereocenters. The predicted molar refractivity (Wildman–Crippen MR) is 73.0 cm³/mol. The molecule has 0 spiro atoms. The fraction of sp³-hybridized carbons (Fsp3) is 0.600. The Morgan fingerprint density at radius 1 is 1.18 bits per heavy atom. The van der Waals surface area contributed by atoms with Crippen molar-refractivity contribution >= 4 is 0 Å². The van der Waals surface area contributed by atoms with Crippen molar-refractivity contribution in [3.63, 3.8) is 0 Å². The second kappa shape index (κ2) is 8.26. The minimum absolute atomic E-state index is 0.457. The zero-order valence-corrected chi connectivity index (χ0v) is 11.3. The van der Waals surface area contributed by atoms with E-state index in [0.29, 0.717) is 18.6 Å². The lowest BCUT2D eigenvalue weighted by Gasteiger charge is -2.22. The highest BCUT2D eigenvalue weighted by atomic mass is 16.5. The Labute approximate surface area is 105 Å². The van der Waals surface area contributed by atoms with Crippen molar-refractivity contribution in [2.45, 2.75) is 39.8 Å². The molecule has 0 aliphatic heterocycles. The van der Waals surface area contributed by atoms with Gasteiger partial charge in [-0.15, -0.1) is 0 Å². The van der Waals surface area contributed by atoms with Gasteiger partial charge in [0.15, 0.2) is 0 Å². The lowest BCUT2D eigenvalue weighted by molar-refractivity contribution is 0.0863. The van der Waals surface area contributed by atoms with Crippen LogP contribution in [0.5, 0.6) is 0 Å². The summed E-state index contributed by atoms with van der Waals surface area (Å²) in [6, 6.07) is 10.8. The quantitative estimate of drug-likeness (QED) is 0.747. The van der Waals surface area contributed by atoms with Crippen LogP contribution in [0.3, 0.4) is 0 Å². The maximum atomic E-state index is 5.78. The molecule has 0 aliphatic carbocycles. The molecule has 0 aromatic heterocycles. The van der Waals surface area contributed by atoms with Crippen LogP contribution in [0.15, 0.2) is 30.3 Å². The topological polar surface area (TPSA) is 21.3 Å². The van der Waals surface area contributed by atoms with Gasteiger partial charge in [0, 0.05) is 6.04 Å². The molecule has 2 heteroatoms. The van der Waals surface area contributed by atoms with E-state index >= 15 is 0 Å². The third-order valence-electron chi connectivity index (χ3n) is 2.87. The number of nitrogens with one attached hydrogen (secondary N) is 1. The minimum atomic E-state index is 0.457. The summed E-state index contributed by atoms with van der Waals surface area (Å²) in [5.41, 5.74) is 1.24. The van der Waals surface area contributed by atoms with Crippen LogP contribution in [-0.4, -0.2) is 19.2 Å². The molecule has 0 fully saturated rings. The van der Waals surface area contributed by atoms with E-state index in [1.54, 1.807) is 0 Å². The predicted octanol–water partition coefficient (Wildman–Crippen LogP) is 3.23. The van der Waals surface area contributed by atoms with E-state index in [-0.39, 0.29) is 0 Å². The van der Waals surface area contributed by atoms with Crippen molar-refractivity contribution in [2.75, 3.05) is 13.2 Å². The second-order valence-corrected chi connectivity index (χ2v) is 4.81. The summed E-state index contributed by atoms with van der Waals surface area (Å²) in [4.78, 5) is 0. The van der Waals surface area contributed by atoms with Gasteiger partial charge in [0.25, 0.3) is 0 Å². The Morgan fingerprint density at radius 2 is 1.88 bits per heavy atom. The van der Waals surface area contributed by atoms with Gasteiger partial charge >= 0.3 is 0 Å². The lowest BCUT2D eigenvalue weighted by atomic mass is 10.1. The molecule has 2 nitrogen and oxygen atoms in total. The van der Waals surface area contributed by atoms with Gasteiger partial charge in [0.1, 0.15) is 0 Å². The van der Waals surface area contributed by atoms with E-state index in [9.17, 15) is 0 Å². The first-order chi connectivity index (χ1) is 8.24. The Hall–Kier alpha value is -0.860. The van der Waals surface area contributed by atoms with Crippen molar-refractivity contribution in [2.24, 2.45) is 5.92 Å². The molecule has 17 heavy (non-hydrogen) atoms. The molecule has 0 saturated heterocycles. The molecule has 0 saturated carbocycles. The second-order valence-electron chi connectivity index (χ2n) is 4.81. The zero-order valence-electron chi connectivity index (χ0n) is 11.3. The third kappa shape index (κ3) is 5.85. The first-order valence-corrected chi connectivity index (χ1v) is 6.59. The van der Waals surface area contributed by atoms with Gasteiger partial charge in [0.2, 0.25) is 0 Å². The van der Waals surface area contributed by atoms with Crippen molar-refractivity contribution in [3.8, 4) is 0 Å². The van der Waals surface area contributed by atoms with Crippen LogP contribution >= 0.6 is 0 Å². The summed E-state index contributed by atoms with van der Waals surface area (Å²) in [6.45, 7) is 9.22. The fourth-order valence-electron chi connectivity index (χ4n) is 1.69. The average molecular weight is 235 g/mol. The molecule has 96 valence electrons. The van der Waals surface area contributed by atoms with E-state index in [1.165, 1.54) is 12.0 Å². The summed E-state index contributed by atoms with van der Waals surface area (Å²) >= 11 is 0. The number of benzene rings is 1. The van der Waals surface area contributed by atoms with Gasteiger partial charge in [-0.05, 0) is 24.4 Å². The average Bonchev–Trinajstić information content (AvgIpc) is 2.34. The van der Waals surface area contributed by atoms with E-state index < -0.39 is 0 Å². The summed E-state index contributed by atoms with van der Waals surface area (Å²) in [6.07, 6.45) is 1.17. The van der Waals surface area contributed by atoms with Crippen molar-refractivity contribution in [1.29, 1.82) is 0 Å². The highest BCUT2D eigenvalue weighted by molar-refractivity contribution is 5.13. The van der Waals surface area contributed by atoms with Gasteiger partial charge in [-0.1, -0.05) is 51.1 Å². The number of hydrogen-bond donors (Lipinski definition) is 1. The Kier molecular flexibility index (Phi) is 6.90. The Balaban J connectivity index is 2.27. The highest BCUT2D eigenvalue weighted by Crippen LogP contribution is 2.05. The summed E-state index contributed by atoms with van der Waals surface area (Å²) in [5.74, 6) is 0.609. The summed E-state index contributed by atoms with van der Waals surface area (Å²) in [5, 5.41) is 3.53. The zero-order chi connectivity index (χ0) is 12.5. The Morgan fingerprint density at radius 3 is 2.47 bits per heavy atom. The molecule has 1 aromatic rings. The smallest absolute Gasteiger partial charge is 0.0717 e. The van der Waals surface area contributed by atoms with Crippen molar-refractivity contribution in [1.82, 2.24) is 5.32 Å². The standard InChI is InChI=1S/C15H25NO/c1-4-10-16-15(13(2)3)12-17-11-14-8-6-5-7-9-14/h5-9,13,15-16H,4,10-12H2,1-3H3. The number of rotatable bonds is 8. The van der Waals surface area contributed by atoms with Crippen LogP contribution in [0.2, 0.25) is 0 Å². The molecule has 1 N–H and O–H groups in total. The first-order valence-electron chi connectivity index (χ1n) is 6.59. The minimum Gasteiger partial charge on any atom is -0.375 e. The molecular weight excluding hydrogens is 210 g/mol. The molecule has 0 aliphatic rings. The van der Waals surface area contributed by atoms with E-state index in [1.807, 2.05) is 18.2 Å². The summed E-state index contributed by atoms with van der Waals surface area (Å²) < 4.78 is 5.78. The molecule has 1 unspecified atom stereocenters. The molecule has 0 radical (unpaired) electrons. The molecule has 1 rings (SSSR count). The normalized spacial score (nSPS) is 12.9. The maximum Gasteiger partial charge on any atom is 0.0717 e. The first kappa shape index (κ1) is 14.2. The van der Waals surface area contributed by atoms with Crippen molar-refractivity contribution < 1.29 is 4.74 Å². The molecule has 0 bridgehead atoms. The van der Waals surface area contributed by atoms with Crippen molar-refractivity contribution in [3.05, 3.63) is 35.9 Å². The van der Waals surface area contributed by atoms with E-state index in [2.05, 4.69) is 38.2 Å². The van der Waals surface area contributed by atoms with Crippen LogP contribution in [-0.2, 0) is 11.3 Å². The van der Waals surface area contributed by atoms with Crippen LogP contribution in [0.25, 0.3) is 0 Å². The molecule has 0 heterocycles. The number of ether oxygens (including phenoxy) is 1. The monoisotopic (exact) mass is 235 g/mol. The van der Waals surface area contributed by atoms with Crippen LogP contribution in [0.4, 0.5) is 0 Å². The van der Waals surface area contributed by atoms with Gasteiger partial charge in [-0.25, -0.2) is 0 Å². The Bertz CT molecular complexity index is 284. The third-order valence-corrected chi connectivity index (χ3v) is 2.87. The van der Waals surface area contributed by atoms with Crippen LogP contribution in [0, 0.1) is 5.92 Å². The fourth-order valence-corrected chi connectivity index (χ4v) is 1.69. The van der Waals surface area contributed by atoms with Crippen LogP contribution < -0.4 is 5.32 Å². The molecule has 1 aromatic carbocycles.